The maximum atomic E-state index is 14.6. The first-order valence-corrected chi connectivity index (χ1v) is 35.7. The van der Waals surface area contributed by atoms with Crippen molar-refractivity contribution >= 4 is 129 Å². The average molecular weight is 1570 g/mol. The van der Waals surface area contributed by atoms with Crippen LogP contribution in [-0.2, 0) is 107 Å². The quantitative estimate of drug-likeness (QED) is 0.0225. The van der Waals surface area contributed by atoms with Crippen molar-refractivity contribution in [1.29, 1.82) is 0 Å². The molecule has 2 heterocycles. The van der Waals surface area contributed by atoms with Gasteiger partial charge < -0.3 is 122 Å². The maximum absolute atomic E-state index is 14.6. The van der Waals surface area contributed by atoms with E-state index in [9.17, 15) is 121 Å². The molecule has 0 saturated carbocycles. The number of primary amides is 2. The number of ether oxygens (including phenoxy) is 1. The summed E-state index contributed by atoms with van der Waals surface area (Å²) in [7, 11) is 0. The van der Waals surface area contributed by atoms with Crippen molar-refractivity contribution in [3.05, 3.63) is 36.0 Å². The van der Waals surface area contributed by atoms with E-state index in [0.29, 0.717) is 29.3 Å². The van der Waals surface area contributed by atoms with Gasteiger partial charge in [0.1, 0.15) is 72.6 Å². The fourth-order valence-electron chi connectivity index (χ4n) is 11.2. The number of aromatic nitrogens is 1. The highest BCUT2D eigenvalue weighted by molar-refractivity contribution is 6.02. The highest BCUT2D eigenvalue weighted by atomic mass is 16.5. The number of aromatic amines is 1. The van der Waals surface area contributed by atoms with E-state index in [1.807, 2.05) is 21.3 Å². The van der Waals surface area contributed by atoms with Crippen LogP contribution in [0, 0.1) is 11.8 Å². The number of H-pyrrole nitrogens is 1. The van der Waals surface area contributed by atoms with Gasteiger partial charge in [0.25, 0.3) is 0 Å². The van der Waals surface area contributed by atoms with Crippen LogP contribution in [0.25, 0.3) is 10.9 Å². The summed E-state index contributed by atoms with van der Waals surface area (Å²) in [6.07, 6.45) is -2.16. The minimum atomic E-state index is -2.34. The van der Waals surface area contributed by atoms with E-state index in [4.69, 9.17) is 21.9 Å². The number of hydrogen-bond acceptors (Lipinski definition) is 23. The molecule has 1 fully saturated rings. The molecule has 111 heavy (non-hydrogen) atoms. The van der Waals surface area contributed by atoms with Gasteiger partial charge in [-0.1, -0.05) is 84.4 Å². The van der Waals surface area contributed by atoms with Crippen LogP contribution in [0.1, 0.15) is 143 Å². The number of benzene rings is 1. The Labute approximate surface area is 635 Å². The summed E-state index contributed by atoms with van der Waals surface area (Å²) < 4.78 is 5.65. The molecule has 1 aromatic heterocycles. The van der Waals surface area contributed by atoms with Crippen molar-refractivity contribution in [2.24, 2.45) is 29.0 Å². The van der Waals surface area contributed by atoms with Gasteiger partial charge in [-0.3, -0.25) is 91.1 Å². The number of para-hydroxylation sites is 1. The number of carbonyl (C=O) groups excluding carboxylic acids is 16. The molecule has 43 nitrogen and oxygen atoms in total. The molecule has 0 bridgehead atoms. The molecular formula is C68H101N17O26. The lowest BCUT2D eigenvalue weighted by atomic mass is 9.95. The number of aliphatic hydroxyl groups is 1. The number of nitrogens with one attached hydrogen (secondary N) is 14. The van der Waals surface area contributed by atoms with Crippen LogP contribution in [-0.4, -0.2) is 248 Å². The summed E-state index contributed by atoms with van der Waals surface area (Å²) >= 11 is 0. The summed E-state index contributed by atoms with van der Waals surface area (Å²) in [5.41, 5.74) is 17.8. The number of rotatable bonds is 35. The van der Waals surface area contributed by atoms with E-state index in [1.54, 1.807) is 30.5 Å². The summed E-state index contributed by atoms with van der Waals surface area (Å²) in [5.74, 6) is -30.9. The smallest absolute Gasteiger partial charge is 0.329 e. The Kier molecular flexibility index (Phi) is 39.6. The number of carbonyl (C=O) groups is 20. The molecule has 25 N–H and O–H groups in total. The number of fused-ring (bicyclic) bond motifs is 1. The summed E-state index contributed by atoms with van der Waals surface area (Å²) in [5, 5.41) is 78.3. The molecule has 1 aliphatic rings. The Morgan fingerprint density at radius 2 is 1.04 bits per heavy atom. The normalized spacial score (nSPS) is 21.6. The summed E-state index contributed by atoms with van der Waals surface area (Å²) in [4.78, 5) is 273. The van der Waals surface area contributed by atoms with Gasteiger partial charge in [-0.2, -0.15) is 0 Å². The molecule has 43 heteroatoms. The zero-order valence-corrected chi connectivity index (χ0v) is 61.9. The molecular weight excluding hydrogens is 1470 g/mol. The third-order valence-corrected chi connectivity index (χ3v) is 17.1. The first-order valence-electron chi connectivity index (χ1n) is 35.7. The number of unbranched alkanes of at least 4 members (excludes halogenated alkanes) is 6. The van der Waals surface area contributed by atoms with E-state index in [-0.39, 0.29) is 25.8 Å². The van der Waals surface area contributed by atoms with Crippen LogP contribution in [0.4, 0.5) is 0 Å². The zero-order chi connectivity index (χ0) is 83.4. The number of hydrogen-bond donors (Lipinski definition) is 22. The van der Waals surface area contributed by atoms with Gasteiger partial charge in [0, 0.05) is 29.9 Å². The van der Waals surface area contributed by atoms with Gasteiger partial charge in [0.2, 0.25) is 88.6 Å². The number of cyclic esters (lactones) is 1. The van der Waals surface area contributed by atoms with Gasteiger partial charge in [0.15, 0.2) is 0 Å². The molecule has 1 aliphatic heterocycles. The third kappa shape index (κ3) is 33.2. The molecule has 0 aliphatic carbocycles. The van der Waals surface area contributed by atoms with Crippen molar-refractivity contribution < 1.29 is 126 Å². The van der Waals surface area contributed by atoms with E-state index in [2.05, 4.69) is 59.8 Å². The molecule has 15 amide bonds. The number of esters is 1. The van der Waals surface area contributed by atoms with Crippen LogP contribution < -0.4 is 86.3 Å². The lowest BCUT2D eigenvalue weighted by molar-refractivity contribution is -0.157. The fraction of sp³-hybridized carbons (Fsp3) is 0.588. The number of carboxylic acids is 4. The predicted octanol–water partition coefficient (Wildman–Crippen LogP) is -6.97. The van der Waals surface area contributed by atoms with Crippen molar-refractivity contribution in [2.45, 2.75) is 216 Å². The molecule has 13 unspecified atom stereocenters. The Morgan fingerprint density at radius 1 is 0.532 bits per heavy atom. The second kappa shape index (κ2) is 47.1. The number of aliphatic hydroxyl groups excluding tert-OH is 1. The minimum absolute atomic E-state index is 0.00623. The second-order valence-corrected chi connectivity index (χ2v) is 26.7. The van der Waals surface area contributed by atoms with E-state index >= 15 is 0 Å². The van der Waals surface area contributed by atoms with Crippen LogP contribution in [0.15, 0.2) is 30.5 Å². The first kappa shape index (κ1) is 93.3. The number of amides is 15. The standard InChI is InChI=1S/C68H101N17O26/c1-6-7-8-9-10-11-12-19-48(89)76-39(22-35-28-72-37-17-14-13-16-36(35)37)60(102)78-41(24-47(71)88)62(104)82-44(27-54(98)99)64(106)85-57-34(5)111-68(110)55(32(2)3)83-67(109)56(33(4)21-51(92)93)84-65(107)45(31-86)77-50(91)29-73-58(100)42(25-52(94)95)80-61(103)40(23-46(70)87)79-63(105)43(26-53(96)97)81-59(101)38(18-15-20-69)75-49(90)30-74-66(57)108/h13-14,16-17,28,32-34,38-45,55-57,72,86H,6-12,15,18-27,29-31,69H2,1-5H3,(H2,70,87)(H2,71,88)(H,73,100)(H,74,108)(H,75,90)(H,76,89)(H,77,91)(H,78,102)(H,79,105)(H,80,103)(H,81,101)(H,82,104)(H,83,109)(H,84,107)(H,85,106)(H,92,93)(H,94,95)(H,96,97)(H,98,99). The van der Waals surface area contributed by atoms with E-state index in [0.717, 1.165) is 46.0 Å². The van der Waals surface area contributed by atoms with Gasteiger partial charge in [-0.05, 0) is 56.2 Å². The second-order valence-electron chi connectivity index (χ2n) is 26.7. The number of nitrogens with two attached hydrogens (primary N) is 3. The molecule has 3 rings (SSSR count). The van der Waals surface area contributed by atoms with E-state index < -0.39 is 267 Å². The Balaban J connectivity index is 2.22. The topological polar surface area (TPSA) is 702 Å². The van der Waals surface area contributed by atoms with Gasteiger partial charge >= 0.3 is 29.8 Å². The Hall–Kier alpha value is -11.9. The monoisotopic (exact) mass is 1570 g/mol. The minimum Gasteiger partial charge on any atom is -0.481 e. The molecule has 13 atom stereocenters. The van der Waals surface area contributed by atoms with Crippen molar-refractivity contribution in [3.8, 4) is 0 Å². The van der Waals surface area contributed by atoms with Crippen LogP contribution in [0.3, 0.4) is 0 Å². The van der Waals surface area contributed by atoms with Crippen LogP contribution >= 0.6 is 0 Å². The predicted molar refractivity (Wildman–Crippen MR) is 383 cm³/mol. The van der Waals surface area contributed by atoms with E-state index in [1.165, 1.54) is 13.8 Å². The first-order chi connectivity index (χ1) is 52.3. The van der Waals surface area contributed by atoms with Crippen molar-refractivity contribution in [2.75, 3.05) is 26.2 Å². The lowest BCUT2D eigenvalue weighted by Gasteiger charge is -2.31. The number of aliphatic carboxylic acids is 4. The summed E-state index contributed by atoms with van der Waals surface area (Å²) in [6.45, 7) is 2.92. The largest absolute Gasteiger partial charge is 0.481 e. The fourth-order valence-corrected chi connectivity index (χ4v) is 11.2. The SMILES string of the molecule is CCCCCCCCCC(=O)NC(Cc1c[nH]c2ccccc12)C(=O)NC(CC(N)=O)C(=O)NC(CC(=O)O)C(=O)NC1C(=O)NCC(=O)NC(CCCN)C(=O)NC(CC(=O)O)C(=O)NC(CC(N)=O)C(=O)NC(CC(=O)O)C(=O)NCC(=O)NC(CO)C(=O)NC(C(C)CC(=O)O)C(=O)NC(C(C)C)C(=O)OC1C. The van der Waals surface area contributed by atoms with Crippen molar-refractivity contribution in [3.63, 3.8) is 0 Å². The number of carboxylic acid groups (broad SMARTS) is 4. The molecule has 1 saturated heterocycles. The Morgan fingerprint density at radius 3 is 1.58 bits per heavy atom. The lowest BCUT2D eigenvalue weighted by Crippen LogP contribution is -2.62. The van der Waals surface area contributed by atoms with Crippen LogP contribution in [0.5, 0.6) is 0 Å². The molecule has 1 aromatic carbocycles. The highest BCUT2D eigenvalue weighted by Gasteiger charge is 2.41. The molecule has 614 valence electrons. The highest BCUT2D eigenvalue weighted by Crippen LogP contribution is 2.21. The zero-order valence-electron chi connectivity index (χ0n) is 61.9. The third-order valence-electron chi connectivity index (χ3n) is 17.1. The Bertz CT molecular complexity index is 3700. The summed E-state index contributed by atoms with van der Waals surface area (Å²) in [6, 6.07) is -15.6. The van der Waals surface area contributed by atoms with Gasteiger partial charge in [-0.15, -0.1) is 0 Å². The van der Waals surface area contributed by atoms with Gasteiger partial charge in [0.05, 0.1) is 58.2 Å². The maximum Gasteiger partial charge on any atom is 0.329 e. The molecule has 2 aromatic rings. The van der Waals surface area contributed by atoms with Gasteiger partial charge in [-0.25, -0.2) is 4.79 Å². The average Bonchev–Trinajstić information content (AvgIpc) is 1.73. The molecule has 0 radical (unpaired) electrons. The van der Waals surface area contributed by atoms with Crippen LogP contribution in [0.2, 0.25) is 0 Å². The van der Waals surface area contributed by atoms with Crippen molar-refractivity contribution in [1.82, 2.24) is 74.1 Å². The molecule has 0 spiro atoms.